The van der Waals surface area contributed by atoms with Gasteiger partial charge in [-0.3, -0.25) is 9.67 Å². The van der Waals surface area contributed by atoms with E-state index in [1.807, 2.05) is 43.0 Å². The topological polar surface area (TPSA) is 111 Å². The zero-order chi connectivity index (χ0) is 24.9. The average Bonchev–Trinajstić information content (AvgIpc) is 3.54. The van der Waals surface area contributed by atoms with Gasteiger partial charge in [0.15, 0.2) is 11.6 Å². The van der Waals surface area contributed by atoms with Crippen molar-refractivity contribution in [1.82, 2.24) is 30.0 Å². The third kappa shape index (κ3) is 4.06. The molecule has 0 radical (unpaired) electrons. The van der Waals surface area contributed by atoms with E-state index >= 15 is 0 Å². The molecule has 3 aromatic heterocycles. The summed E-state index contributed by atoms with van der Waals surface area (Å²) in [7, 11) is 0. The highest BCUT2D eigenvalue weighted by Crippen LogP contribution is 2.44. The van der Waals surface area contributed by atoms with Gasteiger partial charge < -0.3 is 20.7 Å². The van der Waals surface area contributed by atoms with Crippen molar-refractivity contribution in [3.63, 3.8) is 0 Å². The van der Waals surface area contributed by atoms with Gasteiger partial charge in [-0.2, -0.15) is 5.10 Å². The molecule has 1 saturated heterocycles. The minimum absolute atomic E-state index is 0.0336. The van der Waals surface area contributed by atoms with Gasteiger partial charge in [0.05, 0.1) is 11.4 Å². The molecule has 3 aromatic rings. The molecule has 2 atom stereocenters. The molecule has 0 aromatic carbocycles. The predicted molar refractivity (Wildman–Crippen MR) is 137 cm³/mol. The van der Waals surface area contributed by atoms with Gasteiger partial charge in [0.1, 0.15) is 6.10 Å². The number of fused-ring (bicyclic) bond motifs is 2. The summed E-state index contributed by atoms with van der Waals surface area (Å²) in [6, 6.07) is 10.4. The second-order valence-electron chi connectivity index (χ2n) is 10.5. The van der Waals surface area contributed by atoms with Crippen LogP contribution in [-0.4, -0.2) is 49.8 Å². The molecule has 2 aliphatic heterocycles. The molecule has 2 amide bonds. The maximum Gasteiger partial charge on any atom is 0.317 e. The number of nitrogens with one attached hydrogen (secondary N) is 1. The molecule has 2 fully saturated rings. The second kappa shape index (κ2) is 8.80. The van der Waals surface area contributed by atoms with E-state index in [4.69, 9.17) is 15.6 Å². The number of hydrogen-bond donors (Lipinski definition) is 2. The normalized spacial score (nSPS) is 21.9. The van der Waals surface area contributed by atoms with Crippen molar-refractivity contribution in [3.05, 3.63) is 53.6 Å². The van der Waals surface area contributed by atoms with Crippen molar-refractivity contribution in [2.75, 3.05) is 18.8 Å². The summed E-state index contributed by atoms with van der Waals surface area (Å²) in [4.78, 5) is 23.7. The summed E-state index contributed by atoms with van der Waals surface area (Å²) in [5.74, 6) is 0.858. The number of aromatic nitrogens is 4. The number of nitrogens with zero attached hydrogens (tertiary/aromatic N) is 5. The Balaban J connectivity index is 1.21. The molecule has 1 aliphatic carbocycles. The zero-order valence-corrected chi connectivity index (χ0v) is 20.9. The first-order valence-electron chi connectivity index (χ1n) is 12.9. The van der Waals surface area contributed by atoms with E-state index in [1.165, 1.54) is 12.1 Å². The van der Waals surface area contributed by atoms with Crippen molar-refractivity contribution in [2.24, 2.45) is 0 Å². The van der Waals surface area contributed by atoms with Gasteiger partial charge in [-0.1, -0.05) is 6.07 Å². The number of rotatable bonds is 5. The highest BCUT2D eigenvalue weighted by atomic mass is 16.5. The summed E-state index contributed by atoms with van der Waals surface area (Å²) in [6.07, 6.45) is 6.87. The Morgan fingerprint density at radius 2 is 2.08 bits per heavy atom. The maximum atomic E-state index is 12.8. The lowest BCUT2D eigenvalue weighted by molar-refractivity contribution is 0.193. The van der Waals surface area contributed by atoms with Crippen molar-refractivity contribution in [2.45, 2.75) is 70.1 Å². The summed E-state index contributed by atoms with van der Waals surface area (Å²) >= 11 is 0. The van der Waals surface area contributed by atoms with Crippen LogP contribution in [-0.2, 0) is 12.0 Å². The number of anilines is 1. The monoisotopic (exact) mass is 487 g/mol. The maximum absolute atomic E-state index is 12.8. The lowest BCUT2D eigenvalue weighted by Gasteiger charge is -2.30. The van der Waals surface area contributed by atoms with Crippen LogP contribution in [0.3, 0.4) is 0 Å². The Bertz CT molecular complexity index is 1300. The first kappa shape index (κ1) is 22.8. The Morgan fingerprint density at radius 1 is 1.25 bits per heavy atom. The van der Waals surface area contributed by atoms with Gasteiger partial charge in [0.2, 0.25) is 0 Å². The Morgan fingerprint density at radius 3 is 2.86 bits per heavy atom. The third-order valence-corrected chi connectivity index (χ3v) is 8.01. The lowest BCUT2D eigenvalue weighted by Crippen LogP contribution is -2.47. The van der Waals surface area contributed by atoms with Crippen LogP contribution in [0.15, 0.2) is 36.5 Å². The largest absolute Gasteiger partial charge is 0.481 e. The van der Waals surface area contributed by atoms with Crippen LogP contribution >= 0.6 is 0 Å². The smallest absolute Gasteiger partial charge is 0.317 e. The molecular weight excluding hydrogens is 454 g/mol. The van der Waals surface area contributed by atoms with Crippen molar-refractivity contribution >= 4 is 11.8 Å². The van der Waals surface area contributed by atoms with E-state index in [2.05, 4.69) is 26.0 Å². The third-order valence-electron chi connectivity index (χ3n) is 8.01. The summed E-state index contributed by atoms with van der Waals surface area (Å²) in [6.45, 7) is 6.30. The first-order chi connectivity index (χ1) is 17.4. The van der Waals surface area contributed by atoms with Crippen LogP contribution in [0.1, 0.15) is 62.2 Å². The number of ether oxygens (including phenoxy) is 1. The van der Waals surface area contributed by atoms with Gasteiger partial charge in [-0.05, 0) is 70.2 Å². The molecule has 6 rings (SSSR count). The Kier molecular flexibility index (Phi) is 5.58. The quantitative estimate of drug-likeness (QED) is 0.563. The SMILES string of the molecule is Cc1cccc(C(C)Oc2cc(-c3cc4n(n3)CC[C@@]43CCN(C(=O)NC4CCC4)C3)cnc2N)n1. The number of hydrogen-bond acceptors (Lipinski definition) is 6. The number of nitrogens with two attached hydrogens (primary N) is 1. The first-order valence-corrected chi connectivity index (χ1v) is 12.9. The number of likely N-dealkylation sites (tertiary alicyclic amines) is 1. The summed E-state index contributed by atoms with van der Waals surface area (Å²) < 4.78 is 8.27. The number of pyridine rings is 2. The number of nitrogen functional groups attached to an aromatic ring is 1. The molecule has 9 heteroatoms. The van der Waals surface area contributed by atoms with E-state index in [0.717, 1.165) is 68.0 Å². The number of urea groups is 1. The fourth-order valence-corrected chi connectivity index (χ4v) is 5.61. The van der Waals surface area contributed by atoms with E-state index < -0.39 is 0 Å². The van der Waals surface area contributed by atoms with Gasteiger partial charge >= 0.3 is 6.03 Å². The standard InChI is InChI=1S/C27H33N7O2/c1-17-5-3-8-21(30-17)18(2)36-23-13-19(15-29-25(23)28)22-14-24-27(10-12-34(24)32-22)9-11-33(16-27)26(35)31-20-6-4-7-20/h3,5,8,13-15,18,20H,4,6-7,9-12,16H2,1-2H3,(H2,28,29)(H,31,35)/t18?,27-/m1/s1. The number of aryl methyl sites for hydroxylation is 2. The molecule has 1 unspecified atom stereocenters. The van der Waals surface area contributed by atoms with Gasteiger partial charge in [-0.25, -0.2) is 9.78 Å². The molecule has 36 heavy (non-hydrogen) atoms. The minimum Gasteiger partial charge on any atom is -0.481 e. The lowest BCUT2D eigenvalue weighted by atomic mass is 9.82. The molecule has 3 aliphatic rings. The highest BCUT2D eigenvalue weighted by molar-refractivity contribution is 5.75. The van der Waals surface area contributed by atoms with Crippen LogP contribution in [0.2, 0.25) is 0 Å². The van der Waals surface area contributed by atoms with Crippen LogP contribution < -0.4 is 15.8 Å². The van der Waals surface area contributed by atoms with Crippen LogP contribution in [0.25, 0.3) is 11.3 Å². The van der Waals surface area contributed by atoms with Crippen LogP contribution in [0, 0.1) is 6.92 Å². The van der Waals surface area contributed by atoms with Gasteiger partial charge in [0.25, 0.3) is 0 Å². The number of carbonyl (C=O) groups excluding carboxylic acids is 1. The summed E-state index contributed by atoms with van der Waals surface area (Å²) in [5, 5.41) is 8.08. The van der Waals surface area contributed by atoms with Crippen molar-refractivity contribution < 1.29 is 9.53 Å². The molecule has 0 bridgehead atoms. The second-order valence-corrected chi connectivity index (χ2v) is 10.5. The van der Waals surface area contributed by atoms with Crippen molar-refractivity contribution in [1.29, 1.82) is 0 Å². The van der Waals surface area contributed by atoms with Crippen LogP contribution in [0.4, 0.5) is 10.6 Å². The van der Waals surface area contributed by atoms with E-state index in [0.29, 0.717) is 17.6 Å². The molecular formula is C27H33N7O2. The molecule has 3 N–H and O–H groups in total. The highest BCUT2D eigenvalue weighted by Gasteiger charge is 2.47. The number of amides is 2. The Hall–Kier alpha value is -3.62. The average molecular weight is 488 g/mol. The molecule has 9 nitrogen and oxygen atoms in total. The minimum atomic E-state index is -0.268. The van der Waals surface area contributed by atoms with E-state index in [-0.39, 0.29) is 17.6 Å². The molecule has 1 saturated carbocycles. The zero-order valence-electron chi connectivity index (χ0n) is 20.9. The van der Waals surface area contributed by atoms with Crippen molar-refractivity contribution in [3.8, 4) is 17.0 Å². The van der Waals surface area contributed by atoms with Crippen LogP contribution in [0.5, 0.6) is 5.75 Å². The van der Waals surface area contributed by atoms with E-state index in [9.17, 15) is 4.79 Å². The van der Waals surface area contributed by atoms with Gasteiger partial charge in [0, 0.05) is 54.2 Å². The molecule has 188 valence electrons. The van der Waals surface area contributed by atoms with E-state index in [1.54, 1.807) is 6.20 Å². The fourth-order valence-electron chi connectivity index (χ4n) is 5.61. The molecule has 1 spiro atoms. The number of carbonyl (C=O) groups is 1. The van der Waals surface area contributed by atoms with Gasteiger partial charge in [-0.15, -0.1) is 0 Å². The summed E-state index contributed by atoms with van der Waals surface area (Å²) in [5.41, 5.74) is 10.8. The Labute approximate surface area is 211 Å². The molecule has 5 heterocycles. The fraction of sp³-hybridized carbons (Fsp3) is 0.481. The predicted octanol–water partition coefficient (Wildman–Crippen LogP) is 3.98.